The molecular formula is C16H23BrN2O. The molecule has 1 aliphatic rings. The largest absolute Gasteiger partial charge is 0.371 e. The summed E-state index contributed by atoms with van der Waals surface area (Å²) in [5.41, 5.74) is 6.16. The molecule has 3 nitrogen and oxygen atoms in total. The molecule has 1 aliphatic carbocycles. The van der Waals surface area contributed by atoms with E-state index in [-0.39, 0.29) is 11.3 Å². The third-order valence-corrected chi connectivity index (χ3v) is 4.55. The molecule has 0 saturated heterocycles. The number of anilines is 1. The molecule has 2 atom stereocenters. The second kappa shape index (κ2) is 5.40. The smallest absolute Gasteiger partial charge is 0.243 e. The van der Waals surface area contributed by atoms with Crippen molar-refractivity contribution in [1.82, 2.24) is 0 Å². The van der Waals surface area contributed by atoms with Crippen molar-refractivity contribution in [2.45, 2.75) is 45.6 Å². The zero-order chi connectivity index (χ0) is 15.0. The lowest BCUT2D eigenvalue weighted by atomic mass is 9.64. The van der Waals surface area contributed by atoms with Crippen molar-refractivity contribution in [3.63, 3.8) is 0 Å². The zero-order valence-corrected chi connectivity index (χ0v) is 14.0. The molecule has 1 amide bonds. The first kappa shape index (κ1) is 15.4. The van der Waals surface area contributed by atoms with E-state index in [0.29, 0.717) is 5.92 Å². The number of hydrogen-bond acceptors (Lipinski definition) is 2. The first-order chi connectivity index (χ1) is 9.22. The van der Waals surface area contributed by atoms with E-state index in [4.69, 9.17) is 5.73 Å². The number of rotatable bonds is 3. The maximum atomic E-state index is 12.1. The summed E-state index contributed by atoms with van der Waals surface area (Å²) in [6.07, 6.45) is 2.69. The van der Waals surface area contributed by atoms with Gasteiger partial charge in [0.15, 0.2) is 0 Å². The van der Waals surface area contributed by atoms with Gasteiger partial charge < -0.3 is 11.1 Å². The molecule has 3 N–H and O–H groups in total. The summed E-state index contributed by atoms with van der Waals surface area (Å²) in [6, 6.07) is 7.88. The van der Waals surface area contributed by atoms with Gasteiger partial charge in [-0.3, -0.25) is 4.79 Å². The summed E-state index contributed by atoms with van der Waals surface area (Å²) >= 11 is 3.46. The highest BCUT2D eigenvalue weighted by Gasteiger charge is 2.46. The van der Waals surface area contributed by atoms with Crippen LogP contribution in [0.2, 0.25) is 0 Å². The van der Waals surface area contributed by atoms with E-state index in [0.717, 1.165) is 29.4 Å². The molecule has 20 heavy (non-hydrogen) atoms. The minimum absolute atomic E-state index is 0.117. The Morgan fingerprint density at radius 2 is 2.10 bits per heavy atom. The lowest BCUT2D eigenvalue weighted by Crippen LogP contribution is -2.56. The Bertz CT molecular complexity index is 515. The summed E-state index contributed by atoms with van der Waals surface area (Å²) in [4.78, 5) is 12.1. The number of amides is 1. The lowest BCUT2D eigenvalue weighted by molar-refractivity contribution is -0.125. The van der Waals surface area contributed by atoms with Crippen LogP contribution in [0.3, 0.4) is 0 Å². The second-order valence-electron chi connectivity index (χ2n) is 6.94. The first-order valence-electron chi connectivity index (χ1n) is 7.06. The van der Waals surface area contributed by atoms with Gasteiger partial charge in [0.05, 0.1) is 0 Å². The molecule has 0 aromatic heterocycles. The number of nitrogens with two attached hydrogens (primary N) is 1. The zero-order valence-electron chi connectivity index (χ0n) is 12.4. The molecule has 0 radical (unpaired) electrons. The van der Waals surface area contributed by atoms with Crippen molar-refractivity contribution < 1.29 is 4.79 Å². The predicted octanol–water partition coefficient (Wildman–Crippen LogP) is 3.93. The third-order valence-electron chi connectivity index (χ3n) is 4.06. The van der Waals surface area contributed by atoms with Crippen LogP contribution in [0.4, 0.5) is 5.69 Å². The highest BCUT2D eigenvalue weighted by molar-refractivity contribution is 9.10. The molecule has 4 heteroatoms. The van der Waals surface area contributed by atoms with Gasteiger partial charge in [0.2, 0.25) is 5.91 Å². The fourth-order valence-corrected chi connectivity index (χ4v) is 4.16. The number of carbonyl (C=O) groups is 1. The first-order valence-corrected chi connectivity index (χ1v) is 7.85. The van der Waals surface area contributed by atoms with Crippen molar-refractivity contribution in [3.8, 4) is 0 Å². The Hall–Kier alpha value is -1.03. The van der Waals surface area contributed by atoms with E-state index in [2.05, 4.69) is 42.0 Å². The van der Waals surface area contributed by atoms with Gasteiger partial charge in [0.1, 0.15) is 5.54 Å². The predicted molar refractivity (Wildman–Crippen MR) is 86.5 cm³/mol. The highest BCUT2D eigenvalue weighted by Crippen LogP contribution is 2.45. The average Bonchev–Trinajstić information content (AvgIpc) is 2.25. The number of nitrogens with one attached hydrogen (secondary N) is 1. The lowest BCUT2D eigenvalue weighted by Gasteiger charge is -2.46. The molecule has 1 aromatic carbocycles. The molecule has 110 valence electrons. The number of benzene rings is 1. The molecule has 1 aromatic rings. The maximum Gasteiger partial charge on any atom is 0.243 e. The molecule has 0 heterocycles. The molecule has 0 aliphatic heterocycles. The van der Waals surface area contributed by atoms with Gasteiger partial charge in [0.25, 0.3) is 0 Å². The van der Waals surface area contributed by atoms with E-state index < -0.39 is 5.54 Å². The summed E-state index contributed by atoms with van der Waals surface area (Å²) in [5.74, 6) is 0.225. The third kappa shape index (κ3) is 3.35. The summed E-state index contributed by atoms with van der Waals surface area (Å²) in [7, 11) is 0. The van der Waals surface area contributed by atoms with Crippen LogP contribution in [-0.4, -0.2) is 11.4 Å². The number of halogens is 1. The van der Waals surface area contributed by atoms with Gasteiger partial charge in [-0.1, -0.05) is 42.8 Å². The Morgan fingerprint density at radius 3 is 2.65 bits per heavy atom. The van der Waals surface area contributed by atoms with Crippen molar-refractivity contribution in [1.29, 1.82) is 0 Å². The van der Waals surface area contributed by atoms with Crippen LogP contribution in [0.5, 0.6) is 0 Å². The normalized spacial score (nSPS) is 28.9. The summed E-state index contributed by atoms with van der Waals surface area (Å²) in [6.45, 7) is 6.62. The van der Waals surface area contributed by atoms with Gasteiger partial charge in [-0.2, -0.15) is 0 Å². The van der Waals surface area contributed by atoms with Crippen LogP contribution < -0.4 is 11.1 Å². The van der Waals surface area contributed by atoms with Crippen LogP contribution in [-0.2, 0) is 4.79 Å². The van der Waals surface area contributed by atoms with Gasteiger partial charge in [-0.05, 0) is 48.8 Å². The second-order valence-corrected chi connectivity index (χ2v) is 7.85. The van der Waals surface area contributed by atoms with E-state index >= 15 is 0 Å². The minimum Gasteiger partial charge on any atom is -0.371 e. The van der Waals surface area contributed by atoms with Crippen LogP contribution in [0.1, 0.15) is 40.0 Å². The van der Waals surface area contributed by atoms with Crippen molar-refractivity contribution in [3.05, 3.63) is 28.7 Å². The fraction of sp³-hybridized carbons (Fsp3) is 0.562. The van der Waals surface area contributed by atoms with Gasteiger partial charge >= 0.3 is 0 Å². The SMILES string of the molecule is CC1CC(C)(C)CC(Nc2cccc(Br)c2)(C(N)=O)C1. The maximum absolute atomic E-state index is 12.1. The Balaban J connectivity index is 2.32. The molecule has 0 spiro atoms. The van der Waals surface area contributed by atoms with Crippen molar-refractivity contribution in [2.75, 3.05) is 5.32 Å². The fourth-order valence-electron chi connectivity index (χ4n) is 3.76. The Kier molecular flexibility index (Phi) is 4.14. The number of primary amides is 1. The summed E-state index contributed by atoms with van der Waals surface area (Å²) < 4.78 is 0.991. The van der Waals surface area contributed by atoms with Gasteiger partial charge in [-0.15, -0.1) is 0 Å². The molecule has 2 unspecified atom stereocenters. The summed E-state index contributed by atoms with van der Waals surface area (Å²) in [5, 5.41) is 3.42. The molecule has 0 bridgehead atoms. The molecule has 1 saturated carbocycles. The van der Waals surface area contributed by atoms with Crippen molar-refractivity contribution >= 4 is 27.5 Å². The van der Waals surface area contributed by atoms with E-state index in [1.54, 1.807) is 0 Å². The molecular weight excluding hydrogens is 316 g/mol. The van der Waals surface area contributed by atoms with Crippen LogP contribution in [0, 0.1) is 11.3 Å². The quantitative estimate of drug-likeness (QED) is 0.877. The van der Waals surface area contributed by atoms with Crippen LogP contribution in [0.25, 0.3) is 0 Å². The minimum atomic E-state index is -0.651. The van der Waals surface area contributed by atoms with Crippen LogP contribution >= 0.6 is 15.9 Å². The number of hydrogen-bond donors (Lipinski definition) is 2. The Labute approximate surface area is 129 Å². The Morgan fingerprint density at radius 1 is 1.40 bits per heavy atom. The van der Waals surface area contributed by atoms with E-state index in [1.807, 2.05) is 24.3 Å². The standard InChI is InChI=1S/C16H23BrN2O/c1-11-8-15(2,3)10-16(9-11,14(18)20)19-13-6-4-5-12(17)7-13/h4-7,11,19H,8-10H2,1-3H3,(H2,18,20). The van der Waals surface area contributed by atoms with Crippen molar-refractivity contribution in [2.24, 2.45) is 17.1 Å². The van der Waals surface area contributed by atoms with Gasteiger partial charge in [-0.25, -0.2) is 0 Å². The topological polar surface area (TPSA) is 55.1 Å². The molecule has 2 rings (SSSR count). The monoisotopic (exact) mass is 338 g/mol. The van der Waals surface area contributed by atoms with E-state index in [9.17, 15) is 4.79 Å². The number of carbonyl (C=O) groups excluding carboxylic acids is 1. The molecule has 1 fully saturated rings. The highest BCUT2D eigenvalue weighted by atomic mass is 79.9. The van der Waals surface area contributed by atoms with Crippen LogP contribution in [0.15, 0.2) is 28.7 Å². The van der Waals surface area contributed by atoms with E-state index in [1.165, 1.54) is 0 Å². The average molecular weight is 339 g/mol. The van der Waals surface area contributed by atoms with Gasteiger partial charge in [0, 0.05) is 10.2 Å².